The van der Waals surface area contributed by atoms with Gasteiger partial charge in [-0.3, -0.25) is 9.78 Å². The van der Waals surface area contributed by atoms with E-state index in [1.165, 1.54) is 0 Å². The predicted molar refractivity (Wildman–Crippen MR) is 97.9 cm³/mol. The number of hydrogen-bond donors (Lipinski definition) is 0. The zero-order chi connectivity index (χ0) is 18.6. The van der Waals surface area contributed by atoms with E-state index >= 15 is 0 Å². The summed E-state index contributed by atoms with van der Waals surface area (Å²) in [5.41, 5.74) is 1.70. The highest BCUT2D eigenvalue weighted by molar-refractivity contribution is 5.79. The fraction of sp³-hybridized carbons (Fsp3) is 0.300. The maximum atomic E-state index is 12.4. The van der Waals surface area contributed by atoms with E-state index in [9.17, 15) is 4.79 Å². The molecular formula is C20H20N4O3. The Morgan fingerprint density at radius 3 is 2.81 bits per heavy atom. The zero-order valence-corrected chi connectivity index (χ0v) is 15.0. The quantitative estimate of drug-likeness (QED) is 0.669. The average molecular weight is 364 g/mol. The molecule has 1 unspecified atom stereocenters. The fourth-order valence-electron chi connectivity index (χ4n) is 3.17. The summed E-state index contributed by atoms with van der Waals surface area (Å²) in [6.45, 7) is 3.73. The molecule has 3 heterocycles. The monoisotopic (exact) mass is 364 g/mol. The van der Waals surface area contributed by atoms with E-state index in [1.54, 1.807) is 6.20 Å². The molecule has 0 aliphatic carbocycles. The lowest BCUT2D eigenvalue weighted by Gasteiger charge is -2.16. The largest absolute Gasteiger partial charge is 0.494 e. The lowest BCUT2D eigenvalue weighted by Crippen LogP contribution is -2.24. The van der Waals surface area contributed by atoms with Gasteiger partial charge in [0.2, 0.25) is 5.91 Å². The van der Waals surface area contributed by atoms with E-state index < -0.39 is 0 Å². The van der Waals surface area contributed by atoms with Crippen LogP contribution in [0, 0.1) is 0 Å². The summed E-state index contributed by atoms with van der Waals surface area (Å²) in [5, 5.41) is 4.06. The Morgan fingerprint density at radius 1 is 1.22 bits per heavy atom. The van der Waals surface area contributed by atoms with Crippen molar-refractivity contribution in [3.05, 3.63) is 60.0 Å². The highest BCUT2D eigenvalue weighted by atomic mass is 16.5. The van der Waals surface area contributed by atoms with Crippen molar-refractivity contribution in [3.8, 4) is 17.3 Å². The number of rotatable bonds is 6. The molecule has 1 atom stereocenters. The summed E-state index contributed by atoms with van der Waals surface area (Å²) < 4.78 is 10.8. The third-order valence-corrected chi connectivity index (χ3v) is 4.51. The van der Waals surface area contributed by atoms with Crippen molar-refractivity contribution in [2.45, 2.75) is 25.8 Å². The van der Waals surface area contributed by atoms with Crippen LogP contribution in [0.3, 0.4) is 0 Å². The van der Waals surface area contributed by atoms with Crippen LogP contribution in [0.1, 0.15) is 30.7 Å². The maximum Gasteiger partial charge on any atom is 0.276 e. The molecule has 2 aromatic heterocycles. The van der Waals surface area contributed by atoms with Crippen molar-refractivity contribution >= 4 is 5.91 Å². The van der Waals surface area contributed by atoms with Gasteiger partial charge >= 0.3 is 0 Å². The molecule has 1 fully saturated rings. The third kappa shape index (κ3) is 3.81. The fourth-order valence-corrected chi connectivity index (χ4v) is 3.17. The number of aromatic nitrogens is 3. The summed E-state index contributed by atoms with van der Waals surface area (Å²) in [6, 6.07) is 13.3. The van der Waals surface area contributed by atoms with Gasteiger partial charge in [-0.1, -0.05) is 23.4 Å². The number of carbonyl (C=O) groups excluding carboxylic acids is 1. The lowest BCUT2D eigenvalue weighted by atomic mass is 10.1. The van der Waals surface area contributed by atoms with Gasteiger partial charge in [0.25, 0.3) is 5.89 Å². The van der Waals surface area contributed by atoms with Gasteiger partial charge in [0.15, 0.2) is 5.82 Å². The number of carbonyl (C=O) groups is 1. The minimum Gasteiger partial charge on any atom is -0.494 e. The summed E-state index contributed by atoms with van der Waals surface area (Å²) in [6.07, 6.45) is 2.06. The summed E-state index contributed by atoms with van der Waals surface area (Å²) in [7, 11) is 0. The second-order valence-electron chi connectivity index (χ2n) is 6.42. The van der Waals surface area contributed by atoms with Crippen LogP contribution in [0.5, 0.6) is 5.75 Å². The van der Waals surface area contributed by atoms with Crippen molar-refractivity contribution < 1.29 is 14.1 Å². The van der Waals surface area contributed by atoms with Crippen molar-refractivity contribution in [3.63, 3.8) is 0 Å². The standard InChI is InChI=1S/C20H20N4O3/c1-2-26-16-8-6-14(7-9-16)12-24-13-15(11-18(24)25)19-22-20(27-23-19)17-5-3-4-10-21-17/h3-10,15H,2,11-13H2,1H3. The molecule has 138 valence electrons. The Kier molecular flexibility index (Phi) is 4.82. The molecule has 1 aromatic carbocycles. The Morgan fingerprint density at radius 2 is 2.07 bits per heavy atom. The molecule has 27 heavy (non-hydrogen) atoms. The van der Waals surface area contributed by atoms with Gasteiger partial charge in [0, 0.05) is 31.6 Å². The van der Waals surface area contributed by atoms with Gasteiger partial charge in [0.1, 0.15) is 11.4 Å². The summed E-state index contributed by atoms with van der Waals surface area (Å²) >= 11 is 0. The summed E-state index contributed by atoms with van der Waals surface area (Å²) in [4.78, 5) is 22.9. The van der Waals surface area contributed by atoms with E-state index in [4.69, 9.17) is 9.26 Å². The van der Waals surface area contributed by atoms with Gasteiger partial charge in [-0.2, -0.15) is 4.98 Å². The van der Waals surface area contributed by atoms with E-state index in [2.05, 4.69) is 15.1 Å². The van der Waals surface area contributed by atoms with Crippen LogP contribution in [-0.4, -0.2) is 39.1 Å². The van der Waals surface area contributed by atoms with Gasteiger partial charge < -0.3 is 14.2 Å². The van der Waals surface area contributed by atoms with E-state index in [0.717, 1.165) is 11.3 Å². The molecule has 0 bridgehead atoms. The normalized spacial score (nSPS) is 16.7. The Labute approximate surface area is 157 Å². The van der Waals surface area contributed by atoms with Crippen LogP contribution < -0.4 is 4.74 Å². The van der Waals surface area contributed by atoms with Gasteiger partial charge in [-0.25, -0.2) is 0 Å². The maximum absolute atomic E-state index is 12.4. The molecule has 0 radical (unpaired) electrons. The van der Waals surface area contributed by atoms with Crippen LogP contribution in [0.15, 0.2) is 53.2 Å². The SMILES string of the molecule is CCOc1ccc(CN2CC(c3noc(-c4ccccn4)n3)CC2=O)cc1. The molecule has 7 nitrogen and oxygen atoms in total. The average Bonchev–Trinajstić information content (AvgIpc) is 3.32. The van der Waals surface area contributed by atoms with Crippen LogP contribution in [0.4, 0.5) is 0 Å². The Bertz CT molecular complexity index is 908. The minimum atomic E-state index is -0.0681. The van der Waals surface area contributed by atoms with Gasteiger partial charge in [-0.05, 0) is 36.8 Å². The Hall–Kier alpha value is -3.22. The number of hydrogen-bond acceptors (Lipinski definition) is 6. The number of nitrogens with zero attached hydrogens (tertiary/aromatic N) is 4. The van der Waals surface area contributed by atoms with Crippen molar-refractivity contribution in [2.75, 3.05) is 13.2 Å². The smallest absolute Gasteiger partial charge is 0.276 e. The molecule has 1 aliphatic heterocycles. The molecule has 0 N–H and O–H groups in total. The number of pyridine rings is 1. The third-order valence-electron chi connectivity index (χ3n) is 4.51. The van der Waals surface area contributed by atoms with Crippen molar-refractivity contribution in [1.29, 1.82) is 0 Å². The van der Waals surface area contributed by atoms with E-state index in [0.29, 0.717) is 43.5 Å². The minimum absolute atomic E-state index is 0.0681. The van der Waals surface area contributed by atoms with Crippen LogP contribution in [0.2, 0.25) is 0 Å². The summed E-state index contributed by atoms with van der Waals surface area (Å²) in [5.74, 6) is 1.79. The van der Waals surface area contributed by atoms with E-state index in [-0.39, 0.29) is 11.8 Å². The molecule has 3 aromatic rings. The van der Waals surface area contributed by atoms with Crippen LogP contribution >= 0.6 is 0 Å². The first kappa shape index (κ1) is 17.2. The van der Waals surface area contributed by atoms with E-state index in [1.807, 2.05) is 54.3 Å². The second kappa shape index (κ2) is 7.57. The van der Waals surface area contributed by atoms with Gasteiger partial charge in [0.05, 0.1) is 6.61 Å². The van der Waals surface area contributed by atoms with Crippen LogP contribution in [-0.2, 0) is 11.3 Å². The Balaban J connectivity index is 1.42. The van der Waals surface area contributed by atoms with Crippen molar-refractivity contribution in [2.24, 2.45) is 0 Å². The lowest BCUT2D eigenvalue weighted by molar-refractivity contribution is -0.128. The molecular weight excluding hydrogens is 344 g/mol. The highest BCUT2D eigenvalue weighted by Crippen LogP contribution is 2.29. The topological polar surface area (TPSA) is 81.3 Å². The molecule has 1 saturated heterocycles. The number of ether oxygens (including phenoxy) is 1. The zero-order valence-electron chi connectivity index (χ0n) is 15.0. The first-order chi connectivity index (χ1) is 13.2. The number of likely N-dealkylation sites (tertiary alicyclic amines) is 1. The molecule has 0 saturated carbocycles. The predicted octanol–water partition coefficient (Wildman–Crippen LogP) is 3.05. The molecule has 1 aliphatic rings. The highest BCUT2D eigenvalue weighted by Gasteiger charge is 2.33. The molecule has 1 amide bonds. The van der Waals surface area contributed by atoms with Gasteiger partial charge in [-0.15, -0.1) is 0 Å². The first-order valence-corrected chi connectivity index (χ1v) is 8.97. The molecule has 0 spiro atoms. The number of benzene rings is 1. The van der Waals surface area contributed by atoms with Crippen molar-refractivity contribution in [1.82, 2.24) is 20.0 Å². The second-order valence-corrected chi connectivity index (χ2v) is 6.42. The molecule has 4 rings (SSSR count). The number of amides is 1. The molecule has 7 heteroatoms. The van der Waals surface area contributed by atoms with Crippen LogP contribution in [0.25, 0.3) is 11.6 Å². The first-order valence-electron chi connectivity index (χ1n) is 8.97.